The van der Waals surface area contributed by atoms with Crippen LogP contribution in [0.3, 0.4) is 0 Å². The number of aromatic nitrogens is 4. The van der Waals surface area contributed by atoms with E-state index < -0.39 is 0 Å². The summed E-state index contributed by atoms with van der Waals surface area (Å²) in [7, 11) is 3.51. The Morgan fingerprint density at radius 3 is 2.81 bits per heavy atom. The lowest BCUT2D eigenvalue weighted by Crippen LogP contribution is -2.23. The van der Waals surface area contributed by atoms with E-state index >= 15 is 0 Å². The van der Waals surface area contributed by atoms with Crippen molar-refractivity contribution in [1.29, 1.82) is 0 Å². The Balaban J connectivity index is 1.52. The maximum absolute atomic E-state index is 12.4. The molecule has 160 valence electrons. The van der Waals surface area contributed by atoms with Crippen molar-refractivity contribution >= 4 is 39.8 Å². The molecule has 4 rings (SSSR count). The molecule has 3 heterocycles. The fourth-order valence-corrected chi connectivity index (χ4v) is 4.91. The van der Waals surface area contributed by atoms with E-state index in [2.05, 4.69) is 15.2 Å². The third-order valence-electron chi connectivity index (χ3n) is 4.66. The Labute approximate surface area is 187 Å². The van der Waals surface area contributed by atoms with Crippen molar-refractivity contribution in [2.45, 2.75) is 24.8 Å². The van der Waals surface area contributed by atoms with E-state index in [1.165, 1.54) is 30.0 Å². The van der Waals surface area contributed by atoms with E-state index in [1.54, 1.807) is 18.3 Å². The first kappa shape index (κ1) is 21.1. The summed E-state index contributed by atoms with van der Waals surface area (Å²) < 4.78 is 12.7. The fourth-order valence-electron chi connectivity index (χ4n) is 3.12. The average Bonchev–Trinajstić information content (AvgIpc) is 3.47. The number of nitrogens with zero attached hydrogens (tertiary/aromatic N) is 5. The lowest BCUT2D eigenvalue weighted by Gasteiger charge is -2.20. The van der Waals surface area contributed by atoms with E-state index in [9.17, 15) is 4.79 Å². The van der Waals surface area contributed by atoms with Gasteiger partial charge in [0.25, 0.3) is 0 Å². The van der Waals surface area contributed by atoms with E-state index in [-0.39, 0.29) is 5.91 Å². The number of hydrogen-bond acceptors (Lipinski definition) is 8. The molecule has 0 aliphatic rings. The summed E-state index contributed by atoms with van der Waals surface area (Å²) >= 11 is 2.95. The summed E-state index contributed by atoms with van der Waals surface area (Å²) in [6.07, 6.45) is 1.64. The molecule has 0 atom stereocenters. The number of thioether (sulfide) groups is 1. The molecule has 0 N–H and O–H groups in total. The van der Waals surface area contributed by atoms with Gasteiger partial charge in [-0.3, -0.25) is 9.69 Å². The van der Waals surface area contributed by atoms with Gasteiger partial charge in [-0.25, -0.2) is 4.98 Å². The van der Waals surface area contributed by atoms with Gasteiger partial charge in [0.05, 0.1) is 30.3 Å². The van der Waals surface area contributed by atoms with Gasteiger partial charge >= 0.3 is 0 Å². The first-order chi connectivity index (χ1) is 15.0. The van der Waals surface area contributed by atoms with Gasteiger partial charge in [0.2, 0.25) is 5.91 Å². The molecule has 0 saturated carbocycles. The van der Waals surface area contributed by atoms with Gasteiger partial charge in [0, 0.05) is 25.1 Å². The van der Waals surface area contributed by atoms with Crippen LogP contribution >= 0.6 is 23.1 Å². The van der Waals surface area contributed by atoms with Crippen LogP contribution in [0.1, 0.15) is 18.4 Å². The predicted octanol–water partition coefficient (Wildman–Crippen LogP) is 4.83. The number of anilines is 2. The van der Waals surface area contributed by atoms with Crippen molar-refractivity contribution in [3.63, 3.8) is 0 Å². The minimum absolute atomic E-state index is 0.133. The highest BCUT2D eigenvalue weighted by Gasteiger charge is 2.21. The topological polar surface area (TPSA) is 86.3 Å². The van der Waals surface area contributed by atoms with E-state index in [0.717, 1.165) is 28.0 Å². The van der Waals surface area contributed by atoms with Crippen LogP contribution < -0.4 is 9.64 Å². The summed E-state index contributed by atoms with van der Waals surface area (Å²) in [6, 6.07) is 9.28. The van der Waals surface area contributed by atoms with Crippen molar-refractivity contribution in [1.82, 2.24) is 19.7 Å². The van der Waals surface area contributed by atoms with Crippen LogP contribution in [0.15, 0.2) is 51.5 Å². The molecule has 3 aromatic heterocycles. The number of rotatable bonds is 7. The van der Waals surface area contributed by atoms with Gasteiger partial charge in [0.1, 0.15) is 11.5 Å². The SMILES string of the molecule is COc1ccccc1N(C(C)=O)c1nc(CSc2nnc(-c3ccoc3C)n2C)cs1. The van der Waals surface area contributed by atoms with Crippen molar-refractivity contribution in [3.05, 3.63) is 53.4 Å². The molecule has 1 amide bonds. The van der Waals surface area contributed by atoms with Crippen LogP contribution in [0.25, 0.3) is 11.4 Å². The number of carbonyl (C=O) groups excluding carboxylic acids is 1. The van der Waals surface area contributed by atoms with Crippen LogP contribution in [0, 0.1) is 6.92 Å². The molecule has 4 aromatic rings. The summed E-state index contributed by atoms with van der Waals surface area (Å²) in [5.41, 5.74) is 2.45. The second-order valence-electron chi connectivity index (χ2n) is 6.69. The van der Waals surface area contributed by atoms with Crippen molar-refractivity contribution in [2.75, 3.05) is 12.0 Å². The fraction of sp³-hybridized carbons (Fsp3) is 0.238. The molecule has 0 bridgehead atoms. The molecule has 0 fully saturated rings. The van der Waals surface area contributed by atoms with Crippen LogP contribution in [-0.4, -0.2) is 32.8 Å². The maximum atomic E-state index is 12.4. The molecular weight excluding hydrogens is 434 g/mol. The minimum atomic E-state index is -0.133. The zero-order valence-electron chi connectivity index (χ0n) is 17.5. The second-order valence-corrected chi connectivity index (χ2v) is 8.47. The number of methoxy groups -OCH3 is 1. The number of para-hydroxylation sites is 2. The lowest BCUT2D eigenvalue weighted by molar-refractivity contribution is -0.115. The first-order valence-corrected chi connectivity index (χ1v) is 11.3. The lowest BCUT2D eigenvalue weighted by atomic mass is 10.2. The van der Waals surface area contributed by atoms with Gasteiger partial charge < -0.3 is 13.7 Å². The Hall–Kier alpha value is -3.11. The first-order valence-electron chi connectivity index (χ1n) is 9.44. The van der Waals surface area contributed by atoms with Crippen LogP contribution in [-0.2, 0) is 17.6 Å². The Kier molecular flexibility index (Phi) is 6.10. The molecule has 8 nitrogen and oxygen atoms in total. The molecule has 0 saturated heterocycles. The largest absolute Gasteiger partial charge is 0.495 e. The van der Waals surface area contributed by atoms with Crippen LogP contribution in [0.4, 0.5) is 10.8 Å². The number of carbonyl (C=O) groups is 1. The number of hydrogen-bond donors (Lipinski definition) is 0. The molecule has 0 aliphatic carbocycles. The van der Waals surface area contributed by atoms with Gasteiger partial charge in [-0.15, -0.1) is 21.5 Å². The quantitative estimate of drug-likeness (QED) is 0.369. The third kappa shape index (κ3) is 4.21. The summed E-state index contributed by atoms with van der Waals surface area (Å²) in [6.45, 7) is 3.41. The Bertz CT molecular complexity index is 1210. The number of benzene rings is 1. The number of ether oxygens (including phenoxy) is 1. The zero-order chi connectivity index (χ0) is 22.0. The van der Waals surface area contributed by atoms with Gasteiger partial charge in [0.15, 0.2) is 16.1 Å². The summed E-state index contributed by atoms with van der Waals surface area (Å²) in [4.78, 5) is 18.6. The van der Waals surface area contributed by atoms with Crippen molar-refractivity contribution in [2.24, 2.45) is 7.05 Å². The van der Waals surface area contributed by atoms with Gasteiger partial charge in [-0.1, -0.05) is 23.9 Å². The van der Waals surface area contributed by atoms with Crippen LogP contribution in [0.2, 0.25) is 0 Å². The highest BCUT2D eigenvalue weighted by Crippen LogP contribution is 2.36. The number of thiazole rings is 1. The minimum Gasteiger partial charge on any atom is -0.495 e. The maximum Gasteiger partial charge on any atom is 0.230 e. The van der Waals surface area contributed by atoms with E-state index in [1.807, 2.05) is 54.3 Å². The predicted molar refractivity (Wildman–Crippen MR) is 121 cm³/mol. The Morgan fingerprint density at radius 2 is 2.10 bits per heavy atom. The number of amides is 1. The standard InChI is InChI=1S/C21H21N5O3S2/c1-13-16(9-10-29-13)19-23-24-21(25(19)3)31-12-15-11-30-20(22-15)26(14(2)27)17-7-5-6-8-18(17)28-4/h5-11H,12H2,1-4H3. The number of aryl methyl sites for hydroxylation is 1. The number of furan rings is 1. The molecular formula is C21H21N5O3S2. The molecule has 0 radical (unpaired) electrons. The molecule has 10 heteroatoms. The molecule has 0 spiro atoms. The third-order valence-corrected chi connectivity index (χ3v) is 6.58. The molecule has 1 aromatic carbocycles. The Morgan fingerprint density at radius 1 is 1.29 bits per heavy atom. The monoisotopic (exact) mass is 455 g/mol. The second kappa shape index (κ2) is 8.94. The van der Waals surface area contributed by atoms with E-state index in [0.29, 0.717) is 22.3 Å². The van der Waals surface area contributed by atoms with E-state index in [4.69, 9.17) is 9.15 Å². The van der Waals surface area contributed by atoms with Crippen LogP contribution in [0.5, 0.6) is 5.75 Å². The highest BCUT2D eigenvalue weighted by molar-refractivity contribution is 7.98. The smallest absolute Gasteiger partial charge is 0.230 e. The zero-order valence-corrected chi connectivity index (χ0v) is 19.2. The molecule has 0 unspecified atom stereocenters. The molecule has 31 heavy (non-hydrogen) atoms. The summed E-state index contributed by atoms with van der Waals surface area (Å²) in [5, 5.41) is 11.9. The molecule has 0 aliphatic heterocycles. The average molecular weight is 456 g/mol. The van der Waals surface area contributed by atoms with Crippen molar-refractivity contribution < 1.29 is 13.9 Å². The van der Waals surface area contributed by atoms with Crippen molar-refractivity contribution in [3.8, 4) is 17.1 Å². The summed E-state index contributed by atoms with van der Waals surface area (Å²) in [5.74, 6) is 2.64. The van der Waals surface area contributed by atoms with Gasteiger partial charge in [-0.05, 0) is 25.1 Å². The van der Waals surface area contributed by atoms with Gasteiger partial charge in [-0.2, -0.15) is 0 Å². The highest BCUT2D eigenvalue weighted by atomic mass is 32.2. The normalized spacial score (nSPS) is 11.0.